The SMILES string of the molecule is Cc1ccc(-n2cnnc2SCC(=O)NNC(=O)c2ccccc2)c(C)c1. The van der Waals surface area contributed by atoms with Gasteiger partial charge in [-0.05, 0) is 37.6 Å². The molecule has 0 aliphatic carbocycles. The van der Waals surface area contributed by atoms with Gasteiger partial charge in [0.2, 0.25) is 5.91 Å². The highest BCUT2D eigenvalue weighted by atomic mass is 32.2. The van der Waals surface area contributed by atoms with Crippen molar-refractivity contribution in [3.63, 3.8) is 0 Å². The Morgan fingerprint density at radius 1 is 1.07 bits per heavy atom. The van der Waals surface area contributed by atoms with Gasteiger partial charge in [-0.15, -0.1) is 10.2 Å². The molecule has 0 unspecified atom stereocenters. The van der Waals surface area contributed by atoms with E-state index in [-0.39, 0.29) is 17.6 Å². The van der Waals surface area contributed by atoms with Crippen LogP contribution in [0.5, 0.6) is 0 Å². The predicted octanol–water partition coefficient (Wildman–Crippen LogP) is 2.44. The van der Waals surface area contributed by atoms with Crippen molar-refractivity contribution in [1.82, 2.24) is 25.6 Å². The van der Waals surface area contributed by atoms with Gasteiger partial charge in [0.1, 0.15) is 6.33 Å². The Morgan fingerprint density at radius 3 is 2.59 bits per heavy atom. The van der Waals surface area contributed by atoms with Gasteiger partial charge in [0.15, 0.2) is 5.16 Å². The van der Waals surface area contributed by atoms with Crippen molar-refractivity contribution >= 4 is 23.6 Å². The molecule has 0 spiro atoms. The Labute approximate surface area is 161 Å². The number of hydrazine groups is 1. The third-order valence-electron chi connectivity index (χ3n) is 3.81. The van der Waals surface area contributed by atoms with Crippen LogP contribution in [0.4, 0.5) is 0 Å². The van der Waals surface area contributed by atoms with Gasteiger partial charge in [-0.2, -0.15) is 0 Å². The molecule has 1 aromatic heterocycles. The fourth-order valence-corrected chi connectivity index (χ4v) is 3.24. The van der Waals surface area contributed by atoms with Gasteiger partial charge >= 0.3 is 0 Å². The molecule has 0 fully saturated rings. The summed E-state index contributed by atoms with van der Waals surface area (Å²) in [7, 11) is 0. The number of carbonyl (C=O) groups excluding carboxylic acids is 2. The van der Waals surface area contributed by atoms with Crippen molar-refractivity contribution in [2.24, 2.45) is 0 Å². The number of thioether (sulfide) groups is 1. The Bertz CT molecular complexity index is 956. The first-order valence-corrected chi connectivity index (χ1v) is 9.28. The zero-order valence-electron chi connectivity index (χ0n) is 15.0. The summed E-state index contributed by atoms with van der Waals surface area (Å²) < 4.78 is 1.84. The summed E-state index contributed by atoms with van der Waals surface area (Å²) in [6, 6.07) is 14.8. The van der Waals surface area contributed by atoms with E-state index in [9.17, 15) is 9.59 Å². The first kappa shape index (κ1) is 18.7. The monoisotopic (exact) mass is 381 g/mol. The molecule has 0 bridgehead atoms. The van der Waals surface area contributed by atoms with Crippen molar-refractivity contribution in [3.8, 4) is 5.69 Å². The second-order valence-electron chi connectivity index (χ2n) is 5.93. The lowest BCUT2D eigenvalue weighted by atomic mass is 10.1. The first-order valence-electron chi connectivity index (χ1n) is 8.29. The topological polar surface area (TPSA) is 88.9 Å². The summed E-state index contributed by atoms with van der Waals surface area (Å²) in [5.41, 5.74) is 8.50. The molecule has 0 radical (unpaired) electrons. The maximum Gasteiger partial charge on any atom is 0.269 e. The number of hydrogen-bond acceptors (Lipinski definition) is 5. The van der Waals surface area contributed by atoms with E-state index in [1.54, 1.807) is 30.6 Å². The van der Waals surface area contributed by atoms with Crippen LogP contribution in [0.15, 0.2) is 60.0 Å². The average molecular weight is 381 g/mol. The van der Waals surface area contributed by atoms with Gasteiger partial charge in [-0.1, -0.05) is 47.7 Å². The zero-order chi connectivity index (χ0) is 19.2. The van der Waals surface area contributed by atoms with Crippen LogP contribution < -0.4 is 10.9 Å². The highest BCUT2D eigenvalue weighted by molar-refractivity contribution is 7.99. The van der Waals surface area contributed by atoms with Crippen LogP contribution >= 0.6 is 11.8 Å². The molecule has 0 saturated heterocycles. The van der Waals surface area contributed by atoms with Crippen molar-refractivity contribution in [3.05, 3.63) is 71.5 Å². The van der Waals surface area contributed by atoms with Gasteiger partial charge in [-0.25, -0.2) is 0 Å². The van der Waals surface area contributed by atoms with E-state index < -0.39 is 0 Å². The minimum atomic E-state index is -0.368. The number of amides is 2. The molecule has 27 heavy (non-hydrogen) atoms. The highest BCUT2D eigenvalue weighted by Gasteiger charge is 2.12. The fraction of sp³-hybridized carbons (Fsp3) is 0.158. The molecule has 0 aliphatic rings. The maximum absolute atomic E-state index is 12.0. The molecule has 7 nitrogen and oxygen atoms in total. The van der Waals surface area contributed by atoms with E-state index in [2.05, 4.69) is 27.1 Å². The average Bonchev–Trinajstić information content (AvgIpc) is 3.13. The van der Waals surface area contributed by atoms with Crippen LogP contribution in [-0.2, 0) is 4.79 Å². The molecule has 2 N–H and O–H groups in total. The maximum atomic E-state index is 12.0. The van der Waals surface area contributed by atoms with Crippen LogP contribution in [0, 0.1) is 13.8 Å². The van der Waals surface area contributed by atoms with E-state index in [0.29, 0.717) is 10.7 Å². The Morgan fingerprint density at radius 2 is 1.85 bits per heavy atom. The molecule has 3 aromatic rings. The number of benzene rings is 2. The Hall–Kier alpha value is -3.13. The van der Waals surface area contributed by atoms with Crippen LogP contribution in [-0.4, -0.2) is 32.3 Å². The molecule has 2 amide bonds. The van der Waals surface area contributed by atoms with Gasteiger partial charge in [-0.3, -0.25) is 25.0 Å². The molecule has 8 heteroatoms. The zero-order valence-corrected chi connectivity index (χ0v) is 15.8. The van der Waals surface area contributed by atoms with Gasteiger partial charge < -0.3 is 0 Å². The summed E-state index contributed by atoms with van der Waals surface area (Å²) in [6.07, 6.45) is 1.62. The second kappa shape index (κ2) is 8.50. The second-order valence-corrected chi connectivity index (χ2v) is 6.87. The summed E-state index contributed by atoms with van der Waals surface area (Å²) in [6.45, 7) is 4.05. The van der Waals surface area contributed by atoms with Crippen LogP contribution in [0.1, 0.15) is 21.5 Å². The van der Waals surface area contributed by atoms with Crippen LogP contribution in [0.2, 0.25) is 0 Å². The van der Waals surface area contributed by atoms with E-state index in [0.717, 1.165) is 11.3 Å². The van der Waals surface area contributed by atoms with E-state index in [1.165, 1.54) is 17.3 Å². The number of carbonyl (C=O) groups is 2. The van der Waals surface area contributed by atoms with Gasteiger partial charge in [0, 0.05) is 5.56 Å². The minimum Gasteiger partial charge on any atom is -0.276 e. The van der Waals surface area contributed by atoms with Crippen molar-refractivity contribution in [2.45, 2.75) is 19.0 Å². The first-order chi connectivity index (χ1) is 13.0. The van der Waals surface area contributed by atoms with E-state index in [4.69, 9.17) is 0 Å². The number of rotatable bonds is 5. The lowest BCUT2D eigenvalue weighted by Crippen LogP contribution is -2.42. The Balaban J connectivity index is 1.57. The van der Waals surface area contributed by atoms with Crippen LogP contribution in [0.3, 0.4) is 0 Å². The largest absolute Gasteiger partial charge is 0.276 e. The van der Waals surface area contributed by atoms with Gasteiger partial charge in [0.25, 0.3) is 5.91 Å². The normalized spacial score (nSPS) is 10.4. The van der Waals surface area contributed by atoms with Crippen molar-refractivity contribution in [1.29, 1.82) is 0 Å². The lowest BCUT2D eigenvalue weighted by molar-refractivity contribution is -0.119. The highest BCUT2D eigenvalue weighted by Crippen LogP contribution is 2.22. The molecule has 138 valence electrons. The number of nitrogens with one attached hydrogen (secondary N) is 2. The van der Waals surface area contributed by atoms with Crippen molar-refractivity contribution < 1.29 is 9.59 Å². The molecule has 2 aromatic carbocycles. The predicted molar refractivity (Wildman–Crippen MR) is 104 cm³/mol. The quantitative estimate of drug-likeness (QED) is 0.523. The van der Waals surface area contributed by atoms with Crippen LogP contribution in [0.25, 0.3) is 5.69 Å². The third kappa shape index (κ3) is 4.73. The van der Waals surface area contributed by atoms with Crippen molar-refractivity contribution in [2.75, 3.05) is 5.75 Å². The summed E-state index contributed by atoms with van der Waals surface area (Å²) in [5, 5.41) is 8.63. The molecule has 3 rings (SSSR count). The van der Waals surface area contributed by atoms with E-state index in [1.807, 2.05) is 36.6 Å². The fourth-order valence-electron chi connectivity index (χ4n) is 2.52. The number of nitrogens with zero attached hydrogens (tertiary/aromatic N) is 3. The smallest absolute Gasteiger partial charge is 0.269 e. The number of hydrogen-bond donors (Lipinski definition) is 2. The molecular weight excluding hydrogens is 362 g/mol. The molecule has 0 atom stereocenters. The third-order valence-corrected chi connectivity index (χ3v) is 4.76. The molecule has 1 heterocycles. The molecule has 0 aliphatic heterocycles. The summed E-state index contributed by atoms with van der Waals surface area (Å²) >= 11 is 1.24. The lowest BCUT2D eigenvalue weighted by Gasteiger charge is -2.10. The molecule has 0 saturated carbocycles. The summed E-state index contributed by atoms with van der Waals surface area (Å²) in [5.74, 6) is -0.606. The standard InChI is InChI=1S/C19H19N5O2S/c1-13-8-9-16(14(2)10-13)24-12-20-23-19(24)27-11-17(25)21-22-18(26)15-6-4-3-5-7-15/h3-10,12H,11H2,1-2H3,(H,21,25)(H,22,26). The number of aromatic nitrogens is 3. The van der Waals surface area contributed by atoms with Gasteiger partial charge in [0.05, 0.1) is 11.4 Å². The van der Waals surface area contributed by atoms with E-state index >= 15 is 0 Å². The summed E-state index contributed by atoms with van der Waals surface area (Å²) in [4.78, 5) is 24.0. The minimum absolute atomic E-state index is 0.0959. The number of aryl methyl sites for hydroxylation is 2. The Kier molecular flexibility index (Phi) is 5.87. The molecular formula is C19H19N5O2S.